The van der Waals surface area contributed by atoms with Gasteiger partial charge in [-0.1, -0.05) is 22.0 Å². The first-order valence-corrected chi connectivity index (χ1v) is 5.53. The molecular formula is C10H11BrN2O. The molecule has 1 aliphatic rings. The summed E-state index contributed by atoms with van der Waals surface area (Å²) in [5.41, 5.74) is 0.536. The van der Waals surface area contributed by atoms with Gasteiger partial charge in [0.1, 0.15) is 5.69 Å². The third kappa shape index (κ3) is 1.95. The van der Waals surface area contributed by atoms with Crippen LogP contribution in [0.25, 0.3) is 0 Å². The minimum atomic E-state index is 0.0348. The molecular weight excluding hydrogens is 244 g/mol. The molecule has 14 heavy (non-hydrogen) atoms. The zero-order valence-electron chi connectivity index (χ0n) is 7.69. The summed E-state index contributed by atoms with van der Waals surface area (Å²) in [4.78, 5) is 18.2. The van der Waals surface area contributed by atoms with Crippen molar-refractivity contribution in [3.05, 3.63) is 30.1 Å². The Morgan fingerprint density at radius 1 is 1.57 bits per heavy atom. The lowest BCUT2D eigenvalue weighted by molar-refractivity contribution is 0.0787. The lowest BCUT2D eigenvalue weighted by atomic mass is 10.3. The normalized spacial score (nSPS) is 21.2. The molecule has 1 aromatic rings. The molecule has 1 aromatic heterocycles. The topological polar surface area (TPSA) is 33.2 Å². The van der Waals surface area contributed by atoms with E-state index in [0.717, 1.165) is 19.5 Å². The molecule has 0 aliphatic carbocycles. The van der Waals surface area contributed by atoms with Crippen LogP contribution in [-0.4, -0.2) is 33.7 Å². The number of hydrogen-bond donors (Lipinski definition) is 0. The van der Waals surface area contributed by atoms with E-state index < -0.39 is 0 Å². The molecule has 1 unspecified atom stereocenters. The molecule has 1 amide bonds. The van der Waals surface area contributed by atoms with Crippen molar-refractivity contribution in [3.63, 3.8) is 0 Å². The number of nitrogens with zero attached hydrogens (tertiary/aromatic N) is 2. The second-order valence-corrected chi connectivity index (χ2v) is 4.65. The number of aromatic nitrogens is 1. The number of likely N-dealkylation sites (tertiary alicyclic amines) is 1. The zero-order chi connectivity index (χ0) is 9.97. The van der Waals surface area contributed by atoms with Gasteiger partial charge in [-0.25, -0.2) is 0 Å². The van der Waals surface area contributed by atoms with Gasteiger partial charge < -0.3 is 4.90 Å². The van der Waals surface area contributed by atoms with Crippen LogP contribution in [0.2, 0.25) is 0 Å². The molecule has 0 spiro atoms. The summed E-state index contributed by atoms with van der Waals surface area (Å²) in [5, 5.41) is 0. The Morgan fingerprint density at radius 3 is 3.00 bits per heavy atom. The third-order valence-electron chi connectivity index (χ3n) is 2.30. The minimum absolute atomic E-state index is 0.0348. The third-order valence-corrected chi connectivity index (χ3v) is 3.05. The van der Waals surface area contributed by atoms with Crippen LogP contribution in [0.5, 0.6) is 0 Å². The highest BCUT2D eigenvalue weighted by Gasteiger charge is 2.25. The van der Waals surface area contributed by atoms with Crippen LogP contribution >= 0.6 is 15.9 Å². The number of pyridine rings is 1. The molecule has 1 aliphatic heterocycles. The molecule has 1 atom stereocenters. The van der Waals surface area contributed by atoms with Crippen molar-refractivity contribution < 1.29 is 4.79 Å². The number of amides is 1. The van der Waals surface area contributed by atoms with Crippen molar-refractivity contribution in [1.82, 2.24) is 9.88 Å². The van der Waals surface area contributed by atoms with Gasteiger partial charge >= 0.3 is 0 Å². The molecule has 0 saturated carbocycles. The average Bonchev–Trinajstić information content (AvgIpc) is 2.65. The Bertz CT molecular complexity index is 328. The van der Waals surface area contributed by atoms with Gasteiger partial charge in [-0.3, -0.25) is 9.78 Å². The predicted octanol–water partition coefficient (Wildman–Crippen LogP) is 1.69. The SMILES string of the molecule is O=C(c1ccccn1)N1CCC(Br)C1. The summed E-state index contributed by atoms with van der Waals surface area (Å²) >= 11 is 3.51. The number of rotatable bonds is 1. The second-order valence-electron chi connectivity index (χ2n) is 3.35. The first-order chi connectivity index (χ1) is 6.77. The van der Waals surface area contributed by atoms with Crippen LogP contribution in [0.4, 0.5) is 0 Å². The number of hydrogen-bond acceptors (Lipinski definition) is 2. The number of carbonyl (C=O) groups excluding carboxylic acids is 1. The predicted molar refractivity (Wildman–Crippen MR) is 57.5 cm³/mol. The molecule has 2 rings (SSSR count). The molecule has 0 radical (unpaired) electrons. The van der Waals surface area contributed by atoms with Crippen LogP contribution < -0.4 is 0 Å². The molecule has 0 N–H and O–H groups in total. The highest BCUT2D eigenvalue weighted by Crippen LogP contribution is 2.17. The van der Waals surface area contributed by atoms with Crippen LogP contribution in [-0.2, 0) is 0 Å². The van der Waals surface area contributed by atoms with E-state index in [-0.39, 0.29) is 5.91 Å². The first-order valence-electron chi connectivity index (χ1n) is 4.62. The van der Waals surface area contributed by atoms with E-state index in [1.165, 1.54) is 0 Å². The fourth-order valence-electron chi connectivity index (χ4n) is 1.55. The smallest absolute Gasteiger partial charge is 0.272 e. The zero-order valence-corrected chi connectivity index (χ0v) is 9.27. The van der Waals surface area contributed by atoms with Crippen molar-refractivity contribution in [2.24, 2.45) is 0 Å². The van der Waals surface area contributed by atoms with E-state index in [2.05, 4.69) is 20.9 Å². The summed E-state index contributed by atoms with van der Waals surface area (Å²) in [6.07, 6.45) is 2.67. The lowest BCUT2D eigenvalue weighted by Gasteiger charge is -2.14. The minimum Gasteiger partial charge on any atom is -0.336 e. The Hall–Kier alpha value is -0.900. The maximum Gasteiger partial charge on any atom is 0.272 e. The average molecular weight is 255 g/mol. The van der Waals surface area contributed by atoms with E-state index in [4.69, 9.17) is 0 Å². The summed E-state index contributed by atoms with van der Waals surface area (Å²) < 4.78 is 0. The van der Waals surface area contributed by atoms with Crippen molar-refractivity contribution in [2.75, 3.05) is 13.1 Å². The van der Waals surface area contributed by atoms with Gasteiger partial charge in [-0.15, -0.1) is 0 Å². The van der Waals surface area contributed by atoms with Gasteiger partial charge in [-0.05, 0) is 18.6 Å². The first kappa shape index (κ1) is 9.65. The lowest BCUT2D eigenvalue weighted by Crippen LogP contribution is -2.29. The van der Waals surface area contributed by atoms with E-state index in [1.54, 1.807) is 12.3 Å². The van der Waals surface area contributed by atoms with Gasteiger partial charge in [0.15, 0.2) is 0 Å². The molecule has 74 valence electrons. The van der Waals surface area contributed by atoms with Crippen LogP contribution in [0, 0.1) is 0 Å². The number of carbonyl (C=O) groups is 1. The summed E-state index contributed by atoms with van der Waals surface area (Å²) in [7, 11) is 0. The molecule has 0 aromatic carbocycles. The van der Waals surface area contributed by atoms with Crippen molar-refractivity contribution in [1.29, 1.82) is 0 Å². The quantitative estimate of drug-likeness (QED) is 0.715. The summed E-state index contributed by atoms with van der Waals surface area (Å²) in [5.74, 6) is 0.0348. The Kier molecular flexibility index (Phi) is 2.82. The molecule has 2 heterocycles. The van der Waals surface area contributed by atoms with Gasteiger partial charge in [-0.2, -0.15) is 0 Å². The van der Waals surface area contributed by atoms with Crippen LogP contribution in [0.3, 0.4) is 0 Å². The maximum atomic E-state index is 11.8. The summed E-state index contributed by atoms with van der Waals surface area (Å²) in [6, 6.07) is 5.40. The highest BCUT2D eigenvalue weighted by molar-refractivity contribution is 9.09. The molecule has 1 saturated heterocycles. The number of alkyl halides is 1. The van der Waals surface area contributed by atoms with Gasteiger partial charge in [0, 0.05) is 24.1 Å². The fraction of sp³-hybridized carbons (Fsp3) is 0.400. The Labute approximate surface area is 91.3 Å². The molecule has 1 fully saturated rings. The van der Waals surface area contributed by atoms with Crippen LogP contribution in [0.15, 0.2) is 24.4 Å². The Balaban J connectivity index is 2.10. The van der Waals surface area contributed by atoms with Crippen molar-refractivity contribution in [3.8, 4) is 0 Å². The standard InChI is InChI=1S/C10H11BrN2O/c11-8-4-6-13(7-8)10(14)9-3-1-2-5-12-9/h1-3,5,8H,4,6-7H2. The maximum absolute atomic E-state index is 11.8. The van der Waals surface area contributed by atoms with Gasteiger partial charge in [0.25, 0.3) is 5.91 Å². The number of halogens is 1. The van der Waals surface area contributed by atoms with E-state index in [9.17, 15) is 4.79 Å². The van der Waals surface area contributed by atoms with E-state index in [1.807, 2.05) is 17.0 Å². The van der Waals surface area contributed by atoms with Gasteiger partial charge in [0.2, 0.25) is 0 Å². The Morgan fingerprint density at radius 2 is 2.43 bits per heavy atom. The fourth-order valence-corrected chi connectivity index (χ4v) is 2.11. The van der Waals surface area contributed by atoms with Crippen molar-refractivity contribution in [2.45, 2.75) is 11.2 Å². The van der Waals surface area contributed by atoms with Crippen LogP contribution in [0.1, 0.15) is 16.9 Å². The molecule has 3 nitrogen and oxygen atoms in total. The second kappa shape index (κ2) is 4.09. The summed E-state index contributed by atoms with van der Waals surface area (Å²) in [6.45, 7) is 1.61. The molecule has 4 heteroatoms. The van der Waals surface area contributed by atoms with E-state index in [0.29, 0.717) is 10.5 Å². The largest absolute Gasteiger partial charge is 0.336 e. The van der Waals surface area contributed by atoms with E-state index >= 15 is 0 Å². The highest BCUT2D eigenvalue weighted by atomic mass is 79.9. The van der Waals surface area contributed by atoms with Crippen molar-refractivity contribution >= 4 is 21.8 Å². The van der Waals surface area contributed by atoms with Gasteiger partial charge in [0.05, 0.1) is 0 Å². The molecule has 0 bridgehead atoms. The monoisotopic (exact) mass is 254 g/mol.